The van der Waals surface area contributed by atoms with Gasteiger partial charge in [0.15, 0.2) is 0 Å². The maximum atomic E-state index is 14.5. The number of hydrogen-bond donors (Lipinski definition) is 0. The fraction of sp³-hybridized carbons (Fsp3) is 0.763. The minimum absolute atomic E-state index is 0.0191. The van der Waals surface area contributed by atoms with E-state index in [1.54, 1.807) is 13.8 Å². The first-order chi connectivity index (χ1) is 23.5. The second kappa shape index (κ2) is 15.3. The van der Waals surface area contributed by atoms with Gasteiger partial charge in [0.2, 0.25) is 17.7 Å². The average Bonchev–Trinajstić information content (AvgIpc) is 3.83. The topological polar surface area (TPSA) is 76.6 Å². The monoisotopic (exact) mass is 721 g/mol. The van der Waals surface area contributed by atoms with Crippen molar-refractivity contribution in [1.82, 2.24) is 24.7 Å². The highest BCUT2D eigenvalue weighted by atomic mass is 35.5. The van der Waals surface area contributed by atoms with E-state index in [0.717, 1.165) is 31.5 Å². The van der Waals surface area contributed by atoms with Gasteiger partial charge < -0.3 is 9.64 Å². The van der Waals surface area contributed by atoms with E-state index >= 15 is 0 Å². The number of benzene rings is 1. The molecular formula is C38H58ClF2N5O4. The number of carbonyl (C=O) groups is 3. The van der Waals surface area contributed by atoms with Crippen LogP contribution < -0.4 is 0 Å². The molecule has 4 aliphatic rings. The van der Waals surface area contributed by atoms with Crippen molar-refractivity contribution in [3.05, 3.63) is 34.9 Å². The molecule has 1 saturated carbocycles. The van der Waals surface area contributed by atoms with E-state index in [1.807, 2.05) is 36.1 Å². The molecule has 3 saturated heterocycles. The van der Waals surface area contributed by atoms with Gasteiger partial charge in [0.05, 0.1) is 30.0 Å². The summed E-state index contributed by atoms with van der Waals surface area (Å²) in [7, 11) is 1.53. The normalized spacial score (nSPS) is 26.8. The molecule has 9 nitrogen and oxygen atoms in total. The van der Waals surface area contributed by atoms with Crippen LogP contribution in [0.5, 0.6) is 0 Å². The number of halogens is 3. The smallest absolute Gasteiger partial charge is 0.258 e. The van der Waals surface area contributed by atoms with Crippen molar-refractivity contribution in [3.63, 3.8) is 0 Å². The summed E-state index contributed by atoms with van der Waals surface area (Å²) in [5, 5.41) is 3.72. The van der Waals surface area contributed by atoms with E-state index < -0.39 is 23.4 Å². The molecule has 0 bridgehead atoms. The number of amides is 3. The summed E-state index contributed by atoms with van der Waals surface area (Å²) in [5.41, 5.74) is 0.0970. The molecule has 3 amide bonds. The minimum atomic E-state index is -2.76. The number of methoxy groups -OCH3 is 1. The van der Waals surface area contributed by atoms with E-state index in [2.05, 4.69) is 30.6 Å². The number of hydrazine groups is 1. The average molecular weight is 722 g/mol. The molecule has 0 aromatic heterocycles. The predicted molar refractivity (Wildman–Crippen MR) is 191 cm³/mol. The third kappa shape index (κ3) is 8.31. The van der Waals surface area contributed by atoms with Crippen LogP contribution >= 0.6 is 11.6 Å². The number of likely N-dealkylation sites (N-methyl/N-ethyl adjacent to an activating group) is 1. The Hall–Kier alpha value is -2.34. The summed E-state index contributed by atoms with van der Waals surface area (Å²) in [6.07, 6.45) is 1.88. The zero-order valence-corrected chi connectivity index (χ0v) is 31.9. The molecule has 0 spiro atoms. The second-order valence-corrected chi connectivity index (χ2v) is 17.0. The zero-order valence-electron chi connectivity index (χ0n) is 31.1. The zero-order chi connectivity index (χ0) is 36.6. The van der Waals surface area contributed by atoms with Crippen molar-refractivity contribution < 1.29 is 27.9 Å². The van der Waals surface area contributed by atoms with Crippen LogP contribution in [0.3, 0.4) is 0 Å². The van der Waals surface area contributed by atoms with Crippen molar-refractivity contribution in [3.8, 4) is 0 Å². The van der Waals surface area contributed by atoms with Crippen LogP contribution in [-0.2, 0) is 19.1 Å². The number of alkyl halides is 2. The molecule has 4 fully saturated rings. The highest BCUT2D eigenvalue weighted by Crippen LogP contribution is 2.40. The molecule has 4 atom stereocenters. The molecule has 50 heavy (non-hydrogen) atoms. The first-order valence-corrected chi connectivity index (χ1v) is 18.9. The summed E-state index contributed by atoms with van der Waals surface area (Å²) in [6.45, 7) is 15.7. The molecule has 1 aromatic rings. The lowest BCUT2D eigenvalue weighted by Gasteiger charge is -2.46. The Morgan fingerprint density at radius 2 is 1.62 bits per heavy atom. The summed E-state index contributed by atoms with van der Waals surface area (Å²) >= 11 is 6.21. The fourth-order valence-corrected chi connectivity index (χ4v) is 8.78. The number of hydrogen-bond acceptors (Lipinski definition) is 6. The minimum Gasteiger partial charge on any atom is -0.384 e. The summed E-state index contributed by atoms with van der Waals surface area (Å²) in [5.74, 6) is -3.19. The largest absolute Gasteiger partial charge is 0.384 e. The van der Waals surface area contributed by atoms with Crippen molar-refractivity contribution in [2.45, 2.75) is 122 Å². The van der Waals surface area contributed by atoms with Gasteiger partial charge in [-0.05, 0) is 97.9 Å². The maximum Gasteiger partial charge on any atom is 0.258 e. The highest BCUT2D eigenvalue weighted by Gasteiger charge is 2.49. The Morgan fingerprint density at radius 1 is 0.960 bits per heavy atom. The molecule has 1 aliphatic carbocycles. The van der Waals surface area contributed by atoms with E-state index in [4.69, 9.17) is 16.3 Å². The lowest BCUT2D eigenvalue weighted by molar-refractivity contribution is -0.184. The van der Waals surface area contributed by atoms with Crippen LogP contribution in [-0.4, -0.2) is 125 Å². The lowest BCUT2D eigenvalue weighted by Crippen LogP contribution is -2.62. The molecule has 1 unspecified atom stereocenters. The highest BCUT2D eigenvalue weighted by molar-refractivity contribution is 6.30. The molecule has 1 aromatic carbocycles. The van der Waals surface area contributed by atoms with Crippen LogP contribution in [0, 0.1) is 11.3 Å². The van der Waals surface area contributed by atoms with Gasteiger partial charge in [-0.25, -0.2) is 13.8 Å². The lowest BCUT2D eigenvalue weighted by atomic mass is 9.88. The molecule has 3 aliphatic heterocycles. The Morgan fingerprint density at radius 3 is 2.22 bits per heavy atom. The van der Waals surface area contributed by atoms with Crippen LogP contribution in [0.25, 0.3) is 0 Å². The maximum absolute atomic E-state index is 14.5. The van der Waals surface area contributed by atoms with E-state index in [1.165, 1.54) is 17.1 Å². The Labute approximate surface area is 302 Å². The van der Waals surface area contributed by atoms with Crippen molar-refractivity contribution in [1.29, 1.82) is 0 Å². The second-order valence-electron chi connectivity index (χ2n) is 16.6. The van der Waals surface area contributed by atoms with Crippen LogP contribution in [0.1, 0.15) is 98.0 Å². The number of nitrogens with zero attached hydrogens (tertiary/aromatic N) is 5. The van der Waals surface area contributed by atoms with Gasteiger partial charge in [-0.1, -0.05) is 23.7 Å². The third-order valence-corrected chi connectivity index (χ3v) is 11.8. The van der Waals surface area contributed by atoms with Gasteiger partial charge in [-0.2, -0.15) is 0 Å². The Kier molecular flexibility index (Phi) is 11.9. The third-order valence-electron chi connectivity index (χ3n) is 11.5. The van der Waals surface area contributed by atoms with Crippen LogP contribution in [0.4, 0.5) is 8.78 Å². The van der Waals surface area contributed by atoms with Gasteiger partial charge in [-0.15, -0.1) is 0 Å². The van der Waals surface area contributed by atoms with E-state index in [9.17, 15) is 23.2 Å². The van der Waals surface area contributed by atoms with E-state index in [-0.39, 0.29) is 80.0 Å². The summed E-state index contributed by atoms with van der Waals surface area (Å²) < 4.78 is 33.8. The van der Waals surface area contributed by atoms with Crippen molar-refractivity contribution in [2.24, 2.45) is 11.3 Å². The number of ether oxygens (including phenoxy) is 1. The molecule has 3 heterocycles. The van der Waals surface area contributed by atoms with Gasteiger partial charge in [0, 0.05) is 75.2 Å². The van der Waals surface area contributed by atoms with Gasteiger partial charge in [-0.3, -0.25) is 29.2 Å². The number of carbonyl (C=O) groups excluding carboxylic acids is 3. The van der Waals surface area contributed by atoms with Gasteiger partial charge in [0.1, 0.15) is 0 Å². The molecule has 0 radical (unpaired) electrons. The van der Waals surface area contributed by atoms with Crippen LogP contribution in [0.2, 0.25) is 5.02 Å². The summed E-state index contributed by atoms with van der Waals surface area (Å²) in [4.78, 5) is 49.6. The first kappa shape index (κ1) is 38.9. The van der Waals surface area contributed by atoms with E-state index in [0.29, 0.717) is 31.1 Å². The first-order valence-electron chi connectivity index (χ1n) is 18.5. The van der Waals surface area contributed by atoms with Gasteiger partial charge >= 0.3 is 0 Å². The molecule has 5 rings (SSSR count). The fourth-order valence-electron chi connectivity index (χ4n) is 8.65. The van der Waals surface area contributed by atoms with Crippen LogP contribution in [0.15, 0.2) is 24.3 Å². The molecule has 280 valence electrons. The standard InChI is InChI=1S/C38H58ClF2N5O4/c1-8-45(46(35(49)37(5,6)25-50-7)28-15-18-38(40,41)19-16-28)34(48)32-10-9-20-44(32)29-17-21-42(22-29)33(47)31-24-43(36(2,3)4)23-30(31)26-11-13-27(39)14-12-26/h11-14,28-32H,8-10,15-25H2,1-7H3/t29?,30-,31+,32-/m0/s1. The SMILES string of the molecule is CCN(C(=O)[C@@H]1CCCN1C1CCN(C(=O)[C@@H]2CN(C(C)(C)C)C[C@H]2c2ccc(Cl)cc2)C1)N(C(=O)C(C)(C)COC)C1CCC(F)(F)CC1. The van der Waals surface area contributed by atoms with Gasteiger partial charge in [0.25, 0.3) is 5.91 Å². The Bertz CT molecular complexity index is 1360. The molecule has 0 N–H and O–H groups in total. The predicted octanol–water partition coefficient (Wildman–Crippen LogP) is 6.06. The molecular weight excluding hydrogens is 664 g/mol. The summed E-state index contributed by atoms with van der Waals surface area (Å²) in [6, 6.07) is 6.93. The van der Waals surface area contributed by atoms with Crippen molar-refractivity contribution >= 4 is 29.3 Å². The molecule has 12 heteroatoms. The van der Waals surface area contributed by atoms with Crippen molar-refractivity contribution in [2.75, 3.05) is 53.0 Å². The number of likely N-dealkylation sites (tertiary alicyclic amines) is 3. The quantitative estimate of drug-likeness (QED) is 0.289. The number of rotatable bonds is 9. The Balaban J connectivity index is 1.32.